The van der Waals surface area contributed by atoms with E-state index in [2.05, 4.69) is 0 Å². The van der Waals surface area contributed by atoms with E-state index in [9.17, 15) is 9.59 Å². The Morgan fingerprint density at radius 3 is 2.80 bits per heavy atom. The molecule has 0 radical (unpaired) electrons. The number of carbonyl (C=O) groups excluding carboxylic acids is 2. The van der Waals surface area contributed by atoms with Crippen molar-refractivity contribution >= 4 is 11.8 Å². The van der Waals surface area contributed by atoms with Gasteiger partial charge in [-0.2, -0.15) is 0 Å². The van der Waals surface area contributed by atoms with E-state index in [0.717, 1.165) is 12.0 Å². The molecule has 0 aliphatic carbocycles. The molecule has 4 atom stereocenters. The highest BCUT2D eigenvalue weighted by molar-refractivity contribution is 5.87. The largest absolute Gasteiger partial charge is 0.469 e. The minimum atomic E-state index is -1.21. The van der Waals surface area contributed by atoms with E-state index in [1.54, 1.807) is 13.2 Å². The van der Waals surface area contributed by atoms with Gasteiger partial charge in [0.25, 0.3) is 5.79 Å². The molecule has 0 N–H and O–H groups in total. The maximum absolute atomic E-state index is 12.3. The topological polar surface area (TPSA) is 61.8 Å². The highest BCUT2D eigenvalue weighted by Crippen LogP contribution is 2.40. The fourth-order valence-electron chi connectivity index (χ4n) is 2.85. The van der Waals surface area contributed by atoms with Gasteiger partial charge in [-0.15, -0.1) is 0 Å². The molecule has 5 heteroatoms. The highest BCUT2D eigenvalue weighted by Gasteiger charge is 2.51. The molecule has 0 aromatic carbocycles. The third kappa shape index (κ3) is 2.59. The van der Waals surface area contributed by atoms with Crippen LogP contribution in [-0.2, 0) is 23.8 Å². The van der Waals surface area contributed by atoms with Crippen LogP contribution in [0.4, 0.5) is 0 Å². The Labute approximate surface area is 119 Å². The van der Waals surface area contributed by atoms with Crippen LogP contribution < -0.4 is 0 Å². The SMILES string of the molecule is COC(=O)[C@H](C)[C@H]1O[C@@]2(CCC(C)=CO2)C(=O)C[C@H]1C. The molecule has 1 spiro atoms. The fourth-order valence-corrected chi connectivity index (χ4v) is 2.85. The van der Waals surface area contributed by atoms with E-state index in [-0.39, 0.29) is 23.8 Å². The number of methoxy groups -OCH3 is 1. The molecular weight excluding hydrogens is 260 g/mol. The van der Waals surface area contributed by atoms with Crippen molar-refractivity contribution in [3.05, 3.63) is 11.8 Å². The molecule has 112 valence electrons. The van der Waals surface area contributed by atoms with Crippen LogP contribution in [0.1, 0.15) is 40.0 Å². The third-order valence-electron chi connectivity index (χ3n) is 4.18. The van der Waals surface area contributed by atoms with Crippen molar-refractivity contribution in [2.45, 2.75) is 51.9 Å². The molecule has 0 amide bonds. The van der Waals surface area contributed by atoms with Crippen LogP contribution in [0.3, 0.4) is 0 Å². The molecule has 1 saturated heterocycles. The number of hydrogen-bond donors (Lipinski definition) is 0. The Bertz CT molecular complexity index is 442. The van der Waals surface area contributed by atoms with Crippen molar-refractivity contribution in [2.75, 3.05) is 7.11 Å². The zero-order chi connectivity index (χ0) is 14.9. The van der Waals surface area contributed by atoms with E-state index >= 15 is 0 Å². The zero-order valence-corrected chi connectivity index (χ0v) is 12.5. The van der Waals surface area contributed by atoms with Crippen molar-refractivity contribution in [3.63, 3.8) is 0 Å². The average Bonchev–Trinajstić information content (AvgIpc) is 2.44. The first-order chi connectivity index (χ1) is 9.39. The van der Waals surface area contributed by atoms with Crippen LogP contribution in [0.15, 0.2) is 11.8 Å². The van der Waals surface area contributed by atoms with Crippen molar-refractivity contribution in [2.24, 2.45) is 11.8 Å². The first kappa shape index (κ1) is 15.0. The van der Waals surface area contributed by atoms with Gasteiger partial charge < -0.3 is 14.2 Å². The van der Waals surface area contributed by atoms with Gasteiger partial charge in [-0.3, -0.25) is 9.59 Å². The smallest absolute Gasteiger partial charge is 0.311 e. The number of carbonyl (C=O) groups is 2. The predicted octanol–water partition coefficient (Wildman–Crippen LogP) is 2.20. The van der Waals surface area contributed by atoms with E-state index in [4.69, 9.17) is 14.2 Å². The standard InChI is InChI=1S/C15H22O5/c1-9-5-6-15(19-8-9)12(16)7-10(2)13(20-15)11(3)14(17)18-4/h8,10-11,13H,5-7H2,1-4H3/t10-,11-,13+,15+/m1/s1. The van der Waals surface area contributed by atoms with Crippen LogP contribution in [0, 0.1) is 11.8 Å². The molecule has 20 heavy (non-hydrogen) atoms. The van der Waals surface area contributed by atoms with Crippen LogP contribution in [0.2, 0.25) is 0 Å². The zero-order valence-electron chi connectivity index (χ0n) is 12.5. The average molecular weight is 282 g/mol. The summed E-state index contributed by atoms with van der Waals surface area (Å²) in [6.45, 7) is 5.64. The van der Waals surface area contributed by atoms with Crippen molar-refractivity contribution in [1.29, 1.82) is 0 Å². The molecular formula is C15H22O5. The molecule has 0 aromatic heterocycles. The van der Waals surface area contributed by atoms with E-state index in [1.807, 2.05) is 13.8 Å². The molecule has 2 aliphatic heterocycles. The Balaban J connectivity index is 2.20. The lowest BCUT2D eigenvalue weighted by molar-refractivity contribution is -0.262. The Kier molecular flexibility index (Phi) is 4.18. The van der Waals surface area contributed by atoms with Crippen LogP contribution >= 0.6 is 0 Å². The summed E-state index contributed by atoms with van der Waals surface area (Å²) in [7, 11) is 1.36. The highest BCUT2D eigenvalue weighted by atomic mass is 16.7. The summed E-state index contributed by atoms with van der Waals surface area (Å²) in [6.07, 6.45) is 2.85. The Morgan fingerprint density at radius 1 is 1.55 bits per heavy atom. The van der Waals surface area contributed by atoms with Gasteiger partial charge in [-0.05, 0) is 31.8 Å². The molecule has 2 rings (SSSR count). The Hall–Kier alpha value is -1.36. The van der Waals surface area contributed by atoms with Gasteiger partial charge in [0, 0.05) is 12.8 Å². The van der Waals surface area contributed by atoms with Gasteiger partial charge in [0.2, 0.25) is 5.78 Å². The third-order valence-corrected chi connectivity index (χ3v) is 4.18. The number of hydrogen-bond acceptors (Lipinski definition) is 5. The molecule has 0 unspecified atom stereocenters. The van der Waals surface area contributed by atoms with Crippen molar-refractivity contribution in [1.82, 2.24) is 0 Å². The summed E-state index contributed by atoms with van der Waals surface area (Å²) in [5, 5.41) is 0. The van der Waals surface area contributed by atoms with Crippen LogP contribution in [0.25, 0.3) is 0 Å². The maximum Gasteiger partial charge on any atom is 0.311 e. The number of Topliss-reactive ketones (excluding diaryl/α,β-unsaturated/α-hetero) is 1. The summed E-state index contributed by atoms with van der Waals surface area (Å²) in [4.78, 5) is 24.0. The maximum atomic E-state index is 12.3. The van der Waals surface area contributed by atoms with E-state index in [0.29, 0.717) is 12.8 Å². The lowest BCUT2D eigenvalue weighted by atomic mass is 9.82. The second-order valence-corrected chi connectivity index (χ2v) is 5.83. The van der Waals surface area contributed by atoms with Gasteiger partial charge >= 0.3 is 5.97 Å². The molecule has 0 bridgehead atoms. The lowest BCUT2D eigenvalue weighted by Crippen LogP contribution is -2.55. The predicted molar refractivity (Wildman–Crippen MR) is 71.6 cm³/mol. The molecule has 0 aromatic rings. The van der Waals surface area contributed by atoms with Crippen LogP contribution in [-0.4, -0.2) is 30.8 Å². The minimum Gasteiger partial charge on any atom is -0.469 e. The molecule has 5 nitrogen and oxygen atoms in total. The number of allylic oxidation sites excluding steroid dienone is 1. The van der Waals surface area contributed by atoms with E-state index in [1.165, 1.54) is 7.11 Å². The van der Waals surface area contributed by atoms with E-state index < -0.39 is 11.7 Å². The number of rotatable bonds is 2. The summed E-state index contributed by atoms with van der Waals surface area (Å²) >= 11 is 0. The summed E-state index contributed by atoms with van der Waals surface area (Å²) in [5.41, 5.74) is 1.09. The first-order valence-corrected chi connectivity index (χ1v) is 7.02. The second kappa shape index (κ2) is 5.56. The van der Waals surface area contributed by atoms with Gasteiger partial charge in [-0.25, -0.2) is 0 Å². The monoisotopic (exact) mass is 282 g/mol. The minimum absolute atomic E-state index is 0.0298. The normalized spacial score (nSPS) is 35.2. The van der Waals surface area contributed by atoms with Gasteiger partial charge in [0.05, 0.1) is 25.4 Å². The fraction of sp³-hybridized carbons (Fsp3) is 0.733. The molecule has 2 aliphatic rings. The van der Waals surface area contributed by atoms with Crippen molar-refractivity contribution in [3.8, 4) is 0 Å². The summed E-state index contributed by atoms with van der Waals surface area (Å²) in [6, 6.07) is 0. The van der Waals surface area contributed by atoms with Crippen LogP contribution in [0.5, 0.6) is 0 Å². The molecule has 0 saturated carbocycles. The second-order valence-electron chi connectivity index (χ2n) is 5.83. The van der Waals surface area contributed by atoms with Gasteiger partial charge in [0.15, 0.2) is 0 Å². The number of ether oxygens (including phenoxy) is 3. The van der Waals surface area contributed by atoms with Gasteiger partial charge in [-0.1, -0.05) is 6.92 Å². The number of esters is 1. The first-order valence-electron chi connectivity index (χ1n) is 7.02. The molecule has 2 heterocycles. The molecule has 1 fully saturated rings. The Morgan fingerprint density at radius 2 is 2.25 bits per heavy atom. The lowest BCUT2D eigenvalue weighted by Gasteiger charge is -2.44. The quantitative estimate of drug-likeness (QED) is 0.727. The van der Waals surface area contributed by atoms with Gasteiger partial charge in [0.1, 0.15) is 0 Å². The summed E-state index contributed by atoms with van der Waals surface area (Å²) < 4.78 is 16.3. The summed E-state index contributed by atoms with van der Waals surface area (Å²) in [5.74, 6) is -2.02. The number of ketones is 1. The van der Waals surface area contributed by atoms with Crippen molar-refractivity contribution < 1.29 is 23.8 Å².